The van der Waals surface area contributed by atoms with Gasteiger partial charge in [0.05, 0.1) is 6.07 Å². The summed E-state index contributed by atoms with van der Waals surface area (Å²) in [5, 5.41) is 16.0. The topological polar surface area (TPSA) is 76.6 Å². The van der Waals surface area contributed by atoms with Crippen LogP contribution in [0.2, 0.25) is 0 Å². The van der Waals surface area contributed by atoms with E-state index in [-0.39, 0.29) is 0 Å². The zero-order valence-electron chi connectivity index (χ0n) is 15.3. The first kappa shape index (κ1) is 16.7. The molecule has 132 valence electrons. The predicted molar refractivity (Wildman–Crippen MR) is 104 cm³/mol. The van der Waals surface area contributed by atoms with E-state index < -0.39 is 0 Å². The van der Waals surface area contributed by atoms with Crippen molar-refractivity contribution in [2.45, 2.75) is 13.8 Å². The van der Waals surface area contributed by atoms with E-state index >= 15 is 0 Å². The number of nitrogens with zero attached hydrogens (tertiary/aromatic N) is 5. The molecule has 0 saturated heterocycles. The van der Waals surface area contributed by atoms with Crippen LogP contribution in [0.5, 0.6) is 11.6 Å². The summed E-state index contributed by atoms with van der Waals surface area (Å²) < 4.78 is 8.00. The van der Waals surface area contributed by atoms with Gasteiger partial charge in [-0.3, -0.25) is 4.68 Å². The lowest BCUT2D eigenvalue weighted by Crippen LogP contribution is -1.97. The van der Waals surface area contributed by atoms with Crippen LogP contribution in [-0.4, -0.2) is 19.7 Å². The van der Waals surface area contributed by atoms with Crippen LogP contribution < -0.4 is 4.74 Å². The lowest BCUT2D eigenvalue weighted by Gasteiger charge is -2.14. The van der Waals surface area contributed by atoms with Crippen molar-refractivity contribution in [3.05, 3.63) is 59.6 Å². The summed E-state index contributed by atoms with van der Waals surface area (Å²) in [5.41, 5.74) is 2.54. The molecule has 0 bridgehead atoms. The Morgan fingerprint density at radius 3 is 2.67 bits per heavy atom. The van der Waals surface area contributed by atoms with Crippen LogP contribution in [-0.2, 0) is 7.05 Å². The minimum absolute atomic E-state index is 0.485. The summed E-state index contributed by atoms with van der Waals surface area (Å²) >= 11 is 0. The van der Waals surface area contributed by atoms with E-state index in [2.05, 4.69) is 15.1 Å². The Kier molecular flexibility index (Phi) is 4.05. The van der Waals surface area contributed by atoms with Gasteiger partial charge < -0.3 is 4.74 Å². The monoisotopic (exact) mass is 355 g/mol. The van der Waals surface area contributed by atoms with Gasteiger partial charge in [0.1, 0.15) is 17.0 Å². The summed E-state index contributed by atoms with van der Waals surface area (Å²) in [4.78, 5) is 8.85. The molecule has 2 aromatic carbocycles. The Hall–Kier alpha value is -3.72. The minimum Gasteiger partial charge on any atom is -0.437 e. The maximum Gasteiger partial charge on any atom is 0.233 e. The normalized spacial score (nSPS) is 11.3. The molecule has 27 heavy (non-hydrogen) atoms. The number of aromatic nitrogens is 4. The Morgan fingerprint density at radius 2 is 1.89 bits per heavy atom. The summed E-state index contributed by atoms with van der Waals surface area (Å²) in [6.45, 7) is 3.81. The van der Waals surface area contributed by atoms with Crippen molar-refractivity contribution in [1.82, 2.24) is 19.7 Å². The molecule has 0 spiro atoms. The molecule has 0 N–H and O–H groups in total. The first-order chi connectivity index (χ1) is 13.1. The first-order valence-electron chi connectivity index (χ1n) is 8.51. The summed E-state index contributed by atoms with van der Waals surface area (Å²) in [5.74, 6) is 1.83. The predicted octanol–water partition coefficient (Wildman–Crippen LogP) is 4.46. The molecule has 0 atom stereocenters. The van der Waals surface area contributed by atoms with Crippen molar-refractivity contribution in [3.8, 4) is 17.7 Å². The van der Waals surface area contributed by atoms with Crippen molar-refractivity contribution < 1.29 is 4.74 Å². The van der Waals surface area contributed by atoms with Crippen molar-refractivity contribution in [2.24, 2.45) is 7.05 Å². The highest BCUT2D eigenvalue weighted by Gasteiger charge is 2.15. The Labute approximate surface area is 156 Å². The maximum absolute atomic E-state index is 8.86. The third-order valence-corrected chi connectivity index (χ3v) is 4.32. The number of rotatable bonds is 3. The molecule has 0 aliphatic carbocycles. The standard InChI is InChI=1S/C21H17N5O/c1-13-11-15(7-6-10-22)16-8-4-5-9-17(16)19(13)27-21-18-12-26(3)25-20(18)23-14(2)24-21/h4-9,11-12H,1-3H3/b7-6+. The molecule has 2 heterocycles. The van der Waals surface area contributed by atoms with Crippen molar-refractivity contribution >= 4 is 27.9 Å². The van der Waals surface area contributed by atoms with Crippen LogP contribution >= 0.6 is 0 Å². The van der Waals surface area contributed by atoms with Crippen LogP contribution in [0.15, 0.2) is 42.6 Å². The number of benzene rings is 2. The third kappa shape index (κ3) is 3.00. The quantitative estimate of drug-likeness (QED) is 0.507. The molecule has 6 heteroatoms. The smallest absolute Gasteiger partial charge is 0.233 e. The molecule has 4 aromatic rings. The first-order valence-corrected chi connectivity index (χ1v) is 8.51. The second kappa shape index (κ2) is 6.54. The molecular formula is C21H17N5O. The highest BCUT2D eigenvalue weighted by Crippen LogP contribution is 2.37. The molecule has 0 fully saturated rings. The Morgan fingerprint density at radius 1 is 1.11 bits per heavy atom. The zero-order valence-corrected chi connectivity index (χ0v) is 15.3. The number of aryl methyl sites for hydroxylation is 3. The number of hydrogen-bond acceptors (Lipinski definition) is 5. The molecule has 4 rings (SSSR count). The van der Waals surface area contributed by atoms with E-state index in [1.54, 1.807) is 4.68 Å². The van der Waals surface area contributed by atoms with Gasteiger partial charge in [-0.15, -0.1) is 0 Å². The van der Waals surface area contributed by atoms with Gasteiger partial charge in [-0.2, -0.15) is 15.3 Å². The van der Waals surface area contributed by atoms with Gasteiger partial charge in [-0.1, -0.05) is 24.3 Å². The van der Waals surface area contributed by atoms with Crippen LogP contribution in [0.3, 0.4) is 0 Å². The van der Waals surface area contributed by atoms with E-state index in [4.69, 9.17) is 10.00 Å². The molecule has 0 saturated carbocycles. The van der Waals surface area contributed by atoms with E-state index in [0.717, 1.165) is 33.0 Å². The molecule has 0 unspecified atom stereocenters. The lowest BCUT2D eigenvalue weighted by atomic mass is 9.99. The van der Waals surface area contributed by atoms with Crippen LogP contribution in [0.4, 0.5) is 0 Å². The largest absolute Gasteiger partial charge is 0.437 e. The van der Waals surface area contributed by atoms with Gasteiger partial charge in [-0.05, 0) is 42.5 Å². The number of nitriles is 1. The third-order valence-electron chi connectivity index (χ3n) is 4.32. The van der Waals surface area contributed by atoms with Gasteiger partial charge in [0, 0.05) is 24.7 Å². The second-order valence-electron chi connectivity index (χ2n) is 6.34. The maximum atomic E-state index is 8.86. The Balaban J connectivity index is 1.92. The second-order valence-corrected chi connectivity index (χ2v) is 6.34. The molecule has 2 aromatic heterocycles. The molecule has 0 aliphatic rings. The van der Waals surface area contributed by atoms with Gasteiger partial charge in [0.15, 0.2) is 5.65 Å². The van der Waals surface area contributed by atoms with E-state index in [0.29, 0.717) is 17.4 Å². The molecule has 0 amide bonds. The van der Waals surface area contributed by atoms with Crippen molar-refractivity contribution in [1.29, 1.82) is 5.26 Å². The van der Waals surface area contributed by atoms with Crippen LogP contribution in [0.25, 0.3) is 27.9 Å². The minimum atomic E-state index is 0.485. The number of fused-ring (bicyclic) bond motifs is 2. The molecule has 6 nitrogen and oxygen atoms in total. The zero-order chi connectivity index (χ0) is 19.0. The van der Waals surface area contributed by atoms with Crippen molar-refractivity contribution in [2.75, 3.05) is 0 Å². The Bertz CT molecular complexity index is 1250. The van der Waals surface area contributed by atoms with Crippen LogP contribution in [0.1, 0.15) is 17.0 Å². The SMILES string of the molecule is Cc1nc(Oc2c(C)cc(/C=C/C#N)c3ccccc23)c2cn(C)nc2n1. The number of allylic oxidation sites excluding steroid dienone is 1. The lowest BCUT2D eigenvalue weighted by molar-refractivity contribution is 0.468. The summed E-state index contributed by atoms with van der Waals surface area (Å²) in [6, 6.07) is 12.0. The number of ether oxygens (including phenoxy) is 1. The highest BCUT2D eigenvalue weighted by atomic mass is 16.5. The summed E-state index contributed by atoms with van der Waals surface area (Å²) in [6.07, 6.45) is 5.15. The molecule has 0 radical (unpaired) electrons. The van der Waals surface area contributed by atoms with E-state index in [9.17, 15) is 0 Å². The molecular weight excluding hydrogens is 338 g/mol. The fourth-order valence-electron chi connectivity index (χ4n) is 3.19. The fourth-order valence-corrected chi connectivity index (χ4v) is 3.19. The van der Waals surface area contributed by atoms with Crippen LogP contribution in [0, 0.1) is 25.2 Å². The fraction of sp³-hybridized carbons (Fsp3) is 0.143. The molecule has 0 aliphatic heterocycles. The van der Waals surface area contributed by atoms with Gasteiger partial charge in [0.25, 0.3) is 0 Å². The van der Waals surface area contributed by atoms with E-state index in [1.165, 1.54) is 6.08 Å². The van der Waals surface area contributed by atoms with Gasteiger partial charge in [0.2, 0.25) is 5.88 Å². The average Bonchev–Trinajstić information content (AvgIpc) is 3.02. The number of hydrogen-bond donors (Lipinski definition) is 0. The summed E-state index contributed by atoms with van der Waals surface area (Å²) in [7, 11) is 1.85. The van der Waals surface area contributed by atoms with Crippen molar-refractivity contribution in [3.63, 3.8) is 0 Å². The average molecular weight is 355 g/mol. The van der Waals surface area contributed by atoms with Gasteiger partial charge in [-0.25, -0.2) is 4.98 Å². The van der Waals surface area contributed by atoms with Gasteiger partial charge >= 0.3 is 0 Å². The highest BCUT2D eigenvalue weighted by molar-refractivity contribution is 5.96. The van der Waals surface area contributed by atoms with E-state index in [1.807, 2.05) is 69.6 Å².